The summed E-state index contributed by atoms with van der Waals surface area (Å²) in [5, 5.41) is 2.90. The molecule has 0 aromatic carbocycles. The number of hydrogen-bond donors (Lipinski definition) is 1. The van der Waals surface area contributed by atoms with Crippen molar-refractivity contribution in [2.24, 2.45) is 11.8 Å². The van der Waals surface area contributed by atoms with Gasteiger partial charge in [0.25, 0.3) is 0 Å². The van der Waals surface area contributed by atoms with E-state index in [0.717, 1.165) is 0 Å². The number of carbonyl (C=O) groups is 2. The Morgan fingerprint density at radius 1 is 1.23 bits per heavy atom. The van der Waals surface area contributed by atoms with Crippen molar-refractivity contribution in [1.82, 2.24) is 10.2 Å². The molecule has 2 amide bonds. The SMILES string of the molecule is CCN(C(=O)C1CC1C(=O)NC(C)(C)C)C1CCS(=O)(=O)C1. The zero-order valence-electron chi connectivity index (χ0n) is 13.8. The number of amides is 2. The van der Waals surface area contributed by atoms with Crippen LogP contribution in [0, 0.1) is 11.8 Å². The molecule has 126 valence electrons. The molecule has 3 atom stereocenters. The summed E-state index contributed by atoms with van der Waals surface area (Å²) in [6.45, 7) is 8.07. The summed E-state index contributed by atoms with van der Waals surface area (Å²) in [6, 6.07) is -0.227. The maximum Gasteiger partial charge on any atom is 0.226 e. The fourth-order valence-corrected chi connectivity index (χ4v) is 4.78. The molecule has 0 radical (unpaired) electrons. The van der Waals surface area contributed by atoms with Gasteiger partial charge >= 0.3 is 0 Å². The van der Waals surface area contributed by atoms with Crippen LogP contribution in [0.15, 0.2) is 0 Å². The number of carbonyl (C=O) groups excluding carboxylic acids is 2. The summed E-state index contributed by atoms with van der Waals surface area (Å²) in [6.07, 6.45) is 1.07. The van der Waals surface area contributed by atoms with E-state index in [1.165, 1.54) is 0 Å². The molecule has 22 heavy (non-hydrogen) atoms. The first kappa shape index (κ1) is 17.2. The van der Waals surface area contributed by atoms with Gasteiger partial charge in [-0.15, -0.1) is 0 Å². The van der Waals surface area contributed by atoms with Crippen molar-refractivity contribution in [1.29, 1.82) is 0 Å². The molecule has 3 unspecified atom stereocenters. The quantitative estimate of drug-likeness (QED) is 0.817. The van der Waals surface area contributed by atoms with Crippen LogP contribution < -0.4 is 5.32 Å². The third kappa shape index (κ3) is 4.00. The fourth-order valence-electron chi connectivity index (χ4n) is 3.05. The van der Waals surface area contributed by atoms with E-state index < -0.39 is 9.84 Å². The Labute approximate surface area is 132 Å². The largest absolute Gasteiger partial charge is 0.351 e. The van der Waals surface area contributed by atoms with Gasteiger partial charge in [0.05, 0.1) is 23.3 Å². The lowest BCUT2D eigenvalue weighted by Gasteiger charge is -2.27. The minimum atomic E-state index is -3.02. The Balaban J connectivity index is 1.96. The average Bonchev–Trinajstić information content (AvgIpc) is 3.08. The lowest BCUT2D eigenvalue weighted by molar-refractivity contribution is -0.136. The van der Waals surface area contributed by atoms with Crippen LogP contribution in [0.1, 0.15) is 40.5 Å². The molecule has 7 heteroatoms. The van der Waals surface area contributed by atoms with Crippen molar-refractivity contribution in [2.45, 2.75) is 52.1 Å². The number of nitrogens with one attached hydrogen (secondary N) is 1. The van der Waals surface area contributed by atoms with Gasteiger partial charge in [-0.2, -0.15) is 0 Å². The molecule has 1 heterocycles. The molecule has 0 aromatic rings. The molecule has 1 aliphatic heterocycles. The zero-order valence-corrected chi connectivity index (χ0v) is 14.6. The molecule has 1 N–H and O–H groups in total. The molecule has 0 bridgehead atoms. The highest BCUT2D eigenvalue weighted by Gasteiger charge is 2.51. The molecule has 2 fully saturated rings. The first-order valence-corrected chi connectivity index (χ1v) is 9.69. The standard InChI is InChI=1S/C15H26N2O4S/c1-5-17(10-6-7-22(20,21)9-10)14(19)12-8-11(12)13(18)16-15(2,3)4/h10-12H,5-9H2,1-4H3,(H,16,18). The summed E-state index contributed by atoms with van der Waals surface area (Å²) >= 11 is 0. The van der Waals surface area contributed by atoms with E-state index in [9.17, 15) is 18.0 Å². The predicted octanol–water partition coefficient (Wildman–Crippen LogP) is 0.573. The zero-order chi connectivity index (χ0) is 16.7. The monoisotopic (exact) mass is 330 g/mol. The van der Waals surface area contributed by atoms with Crippen LogP contribution >= 0.6 is 0 Å². The highest BCUT2D eigenvalue weighted by molar-refractivity contribution is 7.91. The lowest BCUT2D eigenvalue weighted by atomic mass is 10.1. The van der Waals surface area contributed by atoms with Crippen LogP contribution in [0.25, 0.3) is 0 Å². The number of nitrogens with zero attached hydrogens (tertiary/aromatic N) is 1. The van der Waals surface area contributed by atoms with Gasteiger partial charge < -0.3 is 10.2 Å². The highest BCUT2D eigenvalue weighted by Crippen LogP contribution is 2.41. The van der Waals surface area contributed by atoms with Gasteiger partial charge in [0.15, 0.2) is 9.84 Å². The average molecular weight is 330 g/mol. The van der Waals surface area contributed by atoms with Crippen molar-refractivity contribution < 1.29 is 18.0 Å². The van der Waals surface area contributed by atoms with Crippen molar-refractivity contribution >= 4 is 21.7 Å². The minimum Gasteiger partial charge on any atom is -0.351 e. The van der Waals surface area contributed by atoms with E-state index in [2.05, 4.69) is 5.32 Å². The Hall–Kier alpha value is -1.11. The van der Waals surface area contributed by atoms with Crippen LogP contribution in [0.5, 0.6) is 0 Å². The molecular weight excluding hydrogens is 304 g/mol. The molecule has 1 aliphatic carbocycles. The first-order valence-electron chi connectivity index (χ1n) is 7.87. The second-order valence-electron chi connectivity index (χ2n) is 7.37. The van der Waals surface area contributed by atoms with Crippen LogP contribution in [0.2, 0.25) is 0 Å². The molecular formula is C15H26N2O4S. The minimum absolute atomic E-state index is 0.0537. The van der Waals surface area contributed by atoms with Crippen molar-refractivity contribution in [2.75, 3.05) is 18.1 Å². The topological polar surface area (TPSA) is 83.6 Å². The molecule has 6 nitrogen and oxygen atoms in total. The smallest absolute Gasteiger partial charge is 0.226 e. The van der Waals surface area contributed by atoms with Gasteiger partial charge in [-0.25, -0.2) is 8.42 Å². The summed E-state index contributed by atoms with van der Waals surface area (Å²) in [4.78, 5) is 26.3. The van der Waals surface area contributed by atoms with Crippen molar-refractivity contribution in [3.05, 3.63) is 0 Å². The summed E-state index contributed by atoms with van der Waals surface area (Å²) in [5.74, 6) is -0.498. The van der Waals surface area contributed by atoms with Crippen LogP contribution in [0.4, 0.5) is 0 Å². The third-order valence-electron chi connectivity index (χ3n) is 4.22. The number of hydrogen-bond acceptors (Lipinski definition) is 4. The maximum absolute atomic E-state index is 12.6. The maximum atomic E-state index is 12.6. The Morgan fingerprint density at radius 2 is 1.86 bits per heavy atom. The number of sulfone groups is 1. The summed E-state index contributed by atoms with van der Waals surface area (Å²) in [5.41, 5.74) is -0.308. The van der Waals surface area contributed by atoms with Gasteiger partial charge in [-0.3, -0.25) is 9.59 Å². The summed E-state index contributed by atoms with van der Waals surface area (Å²) < 4.78 is 23.2. The molecule has 2 rings (SSSR count). The van der Waals surface area contributed by atoms with Crippen LogP contribution in [0.3, 0.4) is 0 Å². The third-order valence-corrected chi connectivity index (χ3v) is 5.97. The van der Waals surface area contributed by atoms with Gasteiger partial charge in [0.2, 0.25) is 11.8 Å². The van der Waals surface area contributed by atoms with E-state index in [1.54, 1.807) is 4.90 Å². The second kappa shape index (κ2) is 5.83. The van der Waals surface area contributed by atoms with E-state index in [-0.39, 0.29) is 46.7 Å². The molecule has 1 saturated carbocycles. The normalized spacial score (nSPS) is 29.9. The second-order valence-corrected chi connectivity index (χ2v) is 9.60. The van der Waals surface area contributed by atoms with E-state index in [1.807, 2.05) is 27.7 Å². The first-order chi connectivity index (χ1) is 10.0. The predicted molar refractivity (Wildman–Crippen MR) is 83.9 cm³/mol. The van der Waals surface area contributed by atoms with Gasteiger partial charge in [-0.05, 0) is 40.5 Å². The van der Waals surface area contributed by atoms with Gasteiger partial charge in [0, 0.05) is 18.1 Å². The van der Waals surface area contributed by atoms with Crippen LogP contribution in [-0.2, 0) is 19.4 Å². The van der Waals surface area contributed by atoms with Crippen molar-refractivity contribution in [3.8, 4) is 0 Å². The van der Waals surface area contributed by atoms with Crippen molar-refractivity contribution in [3.63, 3.8) is 0 Å². The molecule has 0 spiro atoms. The van der Waals surface area contributed by atoms with E-state index in [4.69, 9.17) is 0 Å². The fraction of sp³-hybridized carbons (Fsp3) is 0.867. The van der Waals surface area contributed by atoms with Gasteiger partial charge in [0.1, 0.15) is 0 Å². The van der Waals surface area contributed by atoms with E-state index in [0.29, 0.717) is 19.4 Å². The molecule has 1 saturated heterocycles. The highest BCUT2D eigenvalue weighted by atomic mass is 32.2. The van der Waals surface area contributed by atoms with Gasteiger partial charge in [-0.1, -0.05) is 0 Å². The Bertz CT molecular complexity index is 565. The Kier molecular flexibility index (Phi) is 4.57. The number of rotatable bonds is 4. The molecule has 0 aromatic heterocycles. The lowest BCUT2D eigenvalue weighted by Crippen LogP contribution is -2.44. The van der Waals surface area contributed by atoms with Crippen LogP contribution in [-0.4, -0.2) is 54.8 Å². The summed E-state index contributed by atoms with van der Waals surface area (Å²) in [7, 11) is -3.02. The molecule has 2 aliphatic rings. The van der Waals surface area contributed by atoms with E-state index >= 15 is 0 Å². The Morgan fingerprint density at radius 3 is 2.32 bits per heavy atom.